The third kappa shape index (κ3) is 1.36. The molecule has 2 aromatic rings. The lowest BCUT2D eigenvalue weighted by molar-refractivity contribution is 1.34. The number of rotatable bonds is 0. The Morgan fingerprint density at radius 1 is 0.938 bits per heavy atom. The Morgan fingerprint density at radius 3 is 2.38 bits per heavy atom. The molecule has 0 saturated carbocycles. The molecule has 0 amide bonds. The van der Waals surface area contributed by atoms with Crippen molar-refractivity contribution in [3.05, 3.63) is 48.5 Å². The molecule has 80 valence electrons. The molecule has 1 aliphatic heterocycles. The highest BCUT2D eigenvalue weighted by Gasteiger charge is 2.26. The van der Waals surface area contributed by atoms with E-state index >= 15 is 0 Å². The quantitative estimate of drug-likeness (QED) is 0.637. The average molecular weight is 248 g/mol. The zero-order valence-corrected chi connectivity index (χ0v) is 10.5. The molecule has 3 heteroatoms. The standard InChI is InChI=1S/C13H11ClNP/c1-15-12-8-4-2-6-10(12)11-7-3-5-9-13(11)16(15)14/h2-9H,1H3. The van der Waals surface area contributed by atoms with Crippen LogP contribution in [0.2, 0.25) is 0 Å². The first-order valence-corrected chi connectivity index (χ1v) is 7.37. The fourth-order valence-corrected chi connectivity index (χ4v) is 4.08. The van der Waals surface area contributed by atoms with Crippen molar-refractivity contribution in [1.29, 1.82) is 0 Å². The Morgan fingerprint density at radius 2 is 1.56 bits per heavy atom. The Balaban J connectivity index is 2.33. The number of nitrogens with zero attached hydrogens (tertiary/aromatic N) is 1. The predicted octanol–water partition coefficient (Wildman–Crippen LogP) is 3.98. The van der Waals surface area contributed by atoms with Crippen molar-refractivity contribution >= 4 is 29.7 Å². The molecule has 0 radical (unpaired) electrons. The van der Waals surface area contributed by atoms with Gasteiger partial charge in [0.25, 0.3) is 0 Å². The van der Waals surface area contributed by atoms with Crippen molar-refractivity contribution in [3.8, 4) is 11.1 Å². The first-order valence-electron chi connectivity index (χ1n) is 5.17. The van der Waals surface area contributed by atoms with Crippen LogP contribution in [0.1, 0.15) is 0 Å². The maximum absolute atomic E-state index is 6.52. The Hall–Kier alpha value is -1.04. The summed E-state index contributed by atoms with van der Waals surface area (Å²) in [5, 5.41) is 1.25. The second-order valence-corrected chi connectivity index (χ2v) is 6.38. The SMILES string of the molecule is CN1c2ccccc2-c2ccccc2P1Cl. The number of anilines is 1. The third-order valence-corrected chi connectivity index (χ3v) is 5.67. The monoisotopic (exact) mass is 247 g/mol. The van der Waals surface area contributed by atoms with Gasteiger partial charge in [-0.05, 0) is 11.6 Å². The Labute approximate surface area is 101 Å². The van der Waals surface area contributed by atoms with E-state index in [1.807, 2.05) is 0 Å². The van der Waals surface area contributed by atoms with Crippen molar-refractivity contribution in [2.24, 2.45) is 0 Å². The summed E-state index contributed by atoms with van der Waals surface area (Å²) < 4.78 is 2.18. The minimum absolute atomic E-state index is 0.750. The number of fused-ring (bicyclic) bond motifs is 3. The maximum Gasteiger partial charge on any atom is 0.122 e. The highest BCUT2D eigenvalue weighted by atomic mass is 35.7. The van der Waals surface area contributed by atoms with Crippen LogP contribution in [-0.4, -0.2) is 7.05 Å². The molecule has 1 unspecified atom stereocenters. The van der Waals surface area contributed by atoms with Crippen LogP contribution >= 0.6 is 18.7 Å². The molecule has 0 saturated heterocycles. The van der Waals surface area contributed by atoms with Gasteiger partial charge >= 0.3 is 0 Å². The van der Waals surface area contributed by atoms with Crippen LogP contribution in [0.5, 0.6) is 0 Å². The Kier molecular flexibility index (Phi) is 2.38. The average Bonchev–Trinajstić information content (AvgIpc) is 2.36. The molecule has 1 aliphatic rings. The highest BCUT2D eigenvalue weighted by molar-refractivity contribution is 7.91. The first-order chi connectivity index (χ1) is 7.79. The summed E-state index contributed by atoms with van der Waals surface area (Å²) in [5.74, 6) is 0. The summed E-state index contributed by atoms with van der Waals surface area (Å²) >= 11 is 6.52. The summed E-state index contributed by atoms with van der Waals surface area (Å²) in [4.78, 5) is 0. The second kappa shape index (κ2) is 3.76. The van der Waals surface area contributed by atoms with Crippen molar-refractivity contribution in [2.75, 3.05) is 11.7 Å². The molecule has 2 aromatic carbocycles. The van der Waals surface area contributed by atoms with Crippen LogP contribution in [-0.2, 0) is 0 Å². The molecule has 0 N–H and O–H groups in total. The van der Waals surface area contributed by atoms with Gasteiger partial charge < -0.3 is 4.67 Å². The van der Waals surface area contributed by atoms with Gasteiger partial charge in [0.1, 0.15) is 7.43 Å². The fraction of sp³-hybridized carbons (Fsp3) is 0.0769. The summed E-state index contributed by atoms with van der Waals surface area (Å²) in [6.45, 7) is 0. The summed E-state index contributed by atoms with van der Waals surface area (Å²) in [6, 6.07) is 16.8. The molecular weight excluding hydrogens is 237 g/mol. The molecule has 0 fully saturated rings. The first kappa shape index (κ1) is 10.1. The van der Waals surface area contributed by atoms with E-state index in [0.29, 0.717) is 0 Å². The number of hydrogen-bond donors (Lipinski definition) is 0. The van der Waals surface area contributed by atoms with Gasteiger partial charge in [-0.25, -0.2) is 0 Å². The maximum atomic E-state index is 6.52. The van der Waals surface area contributed by atoms with Gasteiger partial charge in [0.2, 0.25) is 0 Å². The zero-order valence-electron chi connectivity index (χ0n) is 8.89. The van der Waals surface area contributed by atoms with Gasteiger partial charge in [0.05, 0.1) is 0 Å². The Bertz CT molecular complexity index is 491. The molecule has 0 aromatic heterocycles. The van der Waals surface area contributed by atoms with Crippen molar-refractivity contribution in [3.63, 3.8) is 0 Å². The van der Waals surface area contributed by atoms with Gasteiger partial charge in [-0.1, -0.05) is 53.7 Å². The fourth-order valence-electron chi connectivity index (χ4n) is 2.10. The van der Waals surface area contributed by atoms with Crippen LogP contribution in [0.25, 0.3) is 11.1 Å². The number of hydrogen-bond acceptors (Lipinski definition) is 1. The molecule has 3 rings (SSSR count). The molecule has 1 nitrogen and oxygen atoms in total. The van der Waals surface area contributed by atoms with E-state index < -0.39 is 7.43 Å². The van der Waals surface area contributed by atoms with Crippen LogP contribution in [0.15, 0.2) is 48.5 Å². The minimum Gasteiger partial charge on any atom is -0.337 e. The summed E-state index contributed by atoms with van der Waals surface area (Å²) in [5.41, 5.74) is 3.78. The molecule has 0 bridgehead atoms. The van der Waals surface area contributed by atoms with Gasteiger partial charge in [0.15, 0.2) is 0 Å². The van der Waals surface area contributed by atoms with Crippen molar-refractivity contribution in [1.82, 2.24) is 0 Å². The van der Waals surface area contributed by atoms with Crippen LogP contribution in [0.3, 0.4) is 0 Å². The van der Waals surface area contributed by atoms with E-state index in [-0.39, 0.29) is 0 Å². The van der Waals surface area contributed by atoms with Gasteiger partial charge in [-0.15, -0.1) is 0 Å². The highest BCUT2D eigenvalue weighted by Crippen LogP contribution is 2.54. The molecule has 0 aliphatic carbocycles. The smallest absolute Gasteiger partial charge is 0.122 e. The number of halogens is 1. The lowest BCUT2D eigenvalue weighted by Crippen LogP contribution is -2.21. The van der Waals surface area contributed by atoms with E-state index in [1.54, 1.807) is 0 Å². The van der Waals surface area contributed by atoms with Gasteiger partial charge in [-0.2, -0.15) is 0 Å². The third-order valence-electron chi connectivity index (χ3n) is 2.91. The number of benzene rings is 2. The van der Waals surface area contributed by atoms with E-state index in [2.05, 4.69) is 60.2 Å². The normalized spacial score (nSPS) is 17.9. The van der Waals surface area contributed by atoms with Gasteiger partial charge in [-0.3, -0.25) is 0 Å². The van der Waals surface area contributed by atoms with Crippen molar-refractivity contribution < 1.29 is 0 Å². The lowest BCUT2D eigenvalue weighted by Gasteiger charge is -2.33. The van der Waals surface area contributed by atoms with Gasteiger partial charge in [0, 0.05) is 23.6 Å². The van der Waals surface area contributed by atoms with Crippen LogP contribution < -0.4 is 9.97 Å². The van der Waals surface area contributed by atoms with Crippen molar-refractivity contribution in [2.45, 2.75) is 0 Å². The van der Waals surface area contributed by atoms with E-state index in [1.165, 1.54) is 22.1 Å². The summed E-state index contributed by atoms with van der Waals surface area (Å²) in [6.07, 6.45) is 0. The molecule has 0 spiro atoms. The largest absolute Gasteiger partial charge is 0.337 e. The van der Waals surface area contributed by atoms with E-state index in [0.717, 1.165) is 0 Å². The molecule has 1 atom stereocenters. The van der Waals surface area contributed by atoms with Crippen LogP contribution in [0, 0.1) is 0 Å². The molecular formula is C13H11ClNP. The second-order valence-electron chi connectivity index (χ2n) is 3.82. The lowest BCUT2D eigenvalue weighted by atomic mass is 10.0. The number of para-hydroxylation sites is 1. The topological polar surface area (TPSA) is 3.24 Å². The van der Waals surface area contributed by atoms with Crippen LogP contribution in [0.4, 0.5) is 5.69 Å². The van der Waals surface area contributed by atoms with E-state index in [9.17, 15) is 0 Å². The minimum atomic E-state index is -0.750. The molecule has 1 heterocycles. The predicted molar refractivity (Wildman–Crippen MR) is 72.7 cm³/mol. The zero-order chi connectivity index (χ0) is 11.1. The summed E-state index contributed by atoms with van der Waals surface area (Å²) in [7, 11) is 1.31. The molecule has 16 heavy (non-hydrogen) atoms. The van der Waals surface area contributed by atoms with E-state index in [4.69, 9.17) is 11.2 Å².